The van der Waals surface area contributed by atoms with Gasteiger partial charge in [0.05, 0.1) is 5.56 Å². The van der Waals surface area contributed by atoms with Crippen LogP contribution in [0.2, 0.25) is 0 Å². The van der Waals surface area contributed by atoms with Crippen molar-refractivity contribution in [1.29, 1.82) is 0 Å². The summed E-state index contributed by atoms with van der Waals surface area (Å²) in [5.41, 5.74) is -0.867. The molecule has 1 N–H and O–H groups in total. The molecule has 1 aliphatic rings. The highest BCUT2D eigenvalue weighted by Gasteiger charge is 2.19. The van der Waals surface area contributed by atoms with Crippen molar-refractivity contribution in [3.63, 3.8) is 0 Å². The summed E-state index contributed by atoms with van der Waals surface area (Å²) >= 11 is 1.77. The van der Waals surface area contributed by atoms with Crippen molar-refractivity contribution in [3.05, 3.63) is 32.6 Å². The lowest BCUT2D eigenvalue weighted by atomic mass is 10.2. The number of ketones is 1. The lowest BCUT2D eigenvalue weighted by Crippen LogP contribution is -2.39. The third-order valence-corrected chi connectivity index (χ3v) is 4.23. The number of carbonyl (C=O) groups is 1. The second-order valence-electron chi connectivity index (χ2n) is 4.11. The molecule has 0 bridgehead atoms. The molecule has 1 unspecified atom stereocenters. The van der Waals surface area contributed by atoms with Gasteiger partial charge in [0.2, 0.25) is 0 Å². The van der Waals surface area contributed by atoms with Gasteiger partial charge in [0.25, 0.3) is 5.56 Å². The Kier molecular flexibility index (Phi) is 3.51. The Hall–Kier alpha value is -1.30. The highest BCUT2D eigenvalue weighted by Crippen LogP contribution is 2.26. The van der Waals surface area contributed by atoms with Gasteiger partial charge in [0.15, 0.2) is 5.78 Å². The molecule has 2 heterocycles. The highest BCUT2D eigenvalue weighted by molar-refractivity contribution is 8.00. The summed E-state index contributed by atoms with van der Waals surface area (Å²) in [7, 11) is 0. The quantitative estimate of drug-likeness (QED) is 0.803. The molecule has 0 aliphatic carbocycles. The van der Waals surface area contributed by atoms with E-state index in [-0.39, 0.29) is 11.3 Å². The van der Waals surface area contributed by atoms with E-state index in [2.05, 4.69) is 4.98 Å². The molecule has 6 heteroatoms. The Morgan fingerprint density at radius 3 is 2.94 bits per heavy atom. The molecule has 0 aromatic carbocycles. The normalized spacial score (nSPS) is 19.5. The topological polar surface area (TPSA) is 71.9 Å². The molecule has 1 saturated heterocycles. The molecule has 5 nitrogen and oxygen atoms in total. The summed E-state index contributed by atoms with van der Waals surface area (Å²) in [6.07, 6.45) is 3.33. The van der Waals surface area contributed by atoms with Crippen LogP contribution in [0.25, 0.3) is 0 Å². The van der Waals surface area contributed by atoms with E-state index in [4.69, 9.17) is 0 Å². The van der Waals surface area contributed by atoms with E-state index in [0.717, 1.165) is 23.2 Å². The van der Waals surface area contributed by atoms with Gasteiger partial charge in [-0.05, 0) is 25.5 Å². The van der Waals surface area contributed by atoms with E-state index in [1.54, 1.807) is 11.8 Å². The maximum atomic E-state index is 11.9. The van der Waals surface area contributed by atoms with Crippen LogP contribution in [0.15, 0.2) is 15.8 Å². The minimum absolute atomic E-state index is 0.0487. The van der Waals surface area contributed by atoms with Crippen molar-refractivity contribution in [1.82, 2.24) is 9.55 Å². The van der Waals surface area contributed by atoms with Gasteiger partial charge in [-0.2, -0.15) is 11.8 Å². The molecule has 2 rings (SSSR count). The van der Waals surface area contributed by atoms with Crippen LogP contribution in [0, 0.1) is 0 Å². The van der Waals surface area contributed by atoms with E-state index in [1.165, 1.54) is 13.1 Å². The summed E-state index contributed by atoms with van der Waals surface area (Å²) in [6.45, 7) is 1.71. The molecule has 92 valence electrons. The van der Waals surface area contributed by atoms with E-state index in [0.29, 0.717) is 11.8 Å². The number of carbonyl (C=O) groups excluding carboxylic acids is 1. The molecule has 1 aliphatic heterocycles. The van der Waals surface area contributed by atoms with Crippen LogP contribution in [0.5, 0.6) is 0 Å². The van der Waals surface area contributed by atoms with Crippen molar-refractivity contribution in [2.75, 3.05) is 5.75 Å². The average molecular weight is 254 g/mol. The van der Waals surface area contributed by atoms with Crippen molar-refractivity contribution in [2.24, 2.45) is 0 Å². The fraction of sp³-hybridized carbons (Fsp3) is 0.545. The number of H-pyrrole nitrogens is 1. The smallest absolute Gasteiger partial charge is 0.313 e. The number of aromatic amines is 1. The molecule has 1 atom stereocenters. The van der Waals surface area contributed by atoms with Gasteiger partial charge in [0, 0.05) is 18.0 Å². The molecule has 1 aromatic heterocycles. The molecular formula is C11H14N2O3S. The third kappa shape index (κ3) is 2.52. The van der Waals surface area contributed by atoms with Gasteiger partial charge in [-0.15, -0.1) is 0 Å². The van der Waals surface area contributed by atoms with Crippen LogP contribution in [-0.2, 0) is 6.54 Å². The monoisotopic (exact) mass is 254 g/mol. The molecular weight excluding hydrogens is 240 g/mol. The molecule has 1 fully saturated rings. The number of hydrogen-bond donors (Lipinski definition) is 1. The zero-order valence-corrected chi connectivity index (χ0v) is 10.4. The maximum Gasteiger partial charge on any atom is 0.328 e. The second-order valence-corrected chi connectivity index (χ2v) is 5.52. The Morgan fingerprint density at radius 2 is 2.35 bits per heavy atom. The Bertz CT molecular complexity index is 540. The number of hydrogen-bond acceptors (Lipinski definition) is 4. The Labute approximate surface area is 102 Å². The first kappa shape index (κ1) is 12.2. The summed E-state index contributed by atoms with van der Waals surface area (Å²) in [5, 5.41) is 0.302. The standard InChI is InChI=1S/C11H14N2O3S/c1-7(14)9-5-12-11(16)13(10(9)15)6-8-3-2-4-17-8/h5,8H,2-4,6H2,1H3,(H,12,16). The van der Waals surface area contributed by atoms with E-state index in [9.17, 15) is 14.4 Å². The first-order chi connectivity index (χ1) is 8.09. The second kappa shape index (κ2) is 4.91. The van der Waals surface area contributed by atoms with Gasteiger partial charge in [-0.25, -0.2) is 4.79 Å². The number of rotatable bonds is 3. The number of Topliss-reactive ketones (excluding diaryl/α,β-unsaturated/α-hetero) is 1. The molecule has 0 spiro atoms. The molecule has 17 heavy (non-hydrogen) atoms. The van der Waals surface area contributed by atoms with Gasteiger partial charge in [-0.1, -0.05) is 0 Å². The molecule has 0 radical (unpaired) electrons. The SMILES string of the molecule is CC(=O)c1c[nH]c(=O)n(CC2CCCS2)c1=O. The lowest BCUT2D eigenvalue weighted by molar-refractivity contribution is 0.101. The fourth-order valence-electron chi connectivity index (χ4n) is 1.92. The minimum atomic E-state index is -0.478. The van der Waals surface area contributed by atoms with Crippen LogP contribution in [-0.4, -0.2) is 26.3 Å². The van der Waals surface area contributed by atoms with Crippen LogP contribution in [0.4, 0.5) is 0 Å². The summed E-state index contributed by atoms with van der Waals surface area (Å²) in [4.78, 5) is 37.2. The number of nitrogens with zero attached hydrogens (tertiary/aromatic N) is 1. The predicted molar refractivity (Wildman–Crippen MR) is 66.8 cm³/mol. The maximum absolute atomic E-state index is 11.9. The third-order valence-electron chi connectivity index (χ3n) is 2.85. The Balaban J connectivity index is 2.38. The summed E-state index contributed by atoms with van der Waals surface area (Å²) in [5.74, 6) is 0.753. The van der Waals surface area contributed by atoms with Gasteiger partial charge < -0.3 is 4.98 Å². The number of nitrogens with one attached hydrogen (secondary N) is 1. The van der Waals surface area contributed by atoms with Crippen molar-refractivity contribution in [3.8, 4) is 0 Å². The zero-order valence-electron chi connectivity index (χ0n) is 9.56. The van der Waals surface area contributed by atoms with Gasteiger partial charge >= 0.3 is 5.69 Å². The average Bonchev–Trinajstić information content (AvgIpc) is 2.76. The predicted octanol–water partition coefficient (Wildman–Crippen LogP) is 0.635. The first-order valence-corrected chi connectivity index (χ1v) is 6.59. The fourth-order valence-corrected chi connectivity index (χ4v) is 3.18. The van der Waals surface area contributed by atoms with E-state index >= 15 is 0 Å². The van der Waals surface area contributed by atoms with Crippen molar-refractivity contribution < 1.29 is 4.79 Å². The molecule has 0 saturated carbocycles. The van der Waals surface area contributed by atoms with Gasteiger partial charge in [0.1, 0.15) is 0 Å². The minimum Gasteiger partial charge on any atom is -0.313 e. The summed E-state index contributed by atoms with van der Waals surface area (Å²) < 4.78 is 1.14. The molecule has 0 amide bonds. The van der Waals surface area contributed by atoms with Crippen LogP contribution in [0.1, 0.15) is 30.1 Å². The number of aromatic nitrogens is 2. The van der Waals surface area contributed by atoms with E-state index in [1.807, 2.05) is 0 Å². The van der Waals surface area contributed by atoms with Gasteiger partial charge in [-0.3, -0.25) is 14.2 Å². The van der Waals surface area contributed by atoms with Crippen molar-refractivity contribution in [2.45, 2.75) is 31.6 Å². The van der Waals surface area contributed by atoms with Crippen LogP contribution < -0.4 is 11.2 Å². The molecule has 1 aromatic rings. The zero-order chi connectivity index (χ0) is 12.4. The number of thioether (sulfide) groups is 1. The highest BCUT2D eigenvalue weighted by atomic mass is 32.2. The van der Waals surface area contributed by atoms with Crippen LogP contribution in [0.3, 0.4) is 0 Å². The van der Waals surface area contributed by atoms with E-state index < -0.39 is 11.2 Å². The van der Waals surface area contributed by atoms with Crippen molar-refractivity contribution >= 4 is 17.5 Å². The lowest BCUT2D eigenvalue weighted by Gasteiger charge is -2.10. The van der Waals surface area contributed by atoms with Crippen LogP contribution >= 0.6 is 11.8 Å². The largest absolute Gasteiger partial charge is 0.328 e. The summed E-state index contributed by atoms with van der Waals surface area (Å²) in [6, 6.07) is 0. The Morgan fingerprint density at radius 1 is 1.59 bits per heavy atom. The first-order valence-electron chi connectivity index (χ1n) is 5.54.